The number of piperazine rings is 1. The minimum atomic E-state index is -0.811. The van der Waals surface area contributed by atoms with Crippen LogP contribution in [0.4, 0.5) is 5.69 Å². The standard InChI is InChI=1S/C21H30N2O3/c1-2-5-16-8-10-17(11-9-16)22-12-14-23(15-13-22)20(24)18-6-3-4-7-19(18)21(25)26/h8-11,18-19H,2-7,12-15H2,1H3,(H,25,26). The minimum absolute atomic E-state index is 0.0510. The van der Waals surface area contributed by atoms with E-state index >= 15 is 0 Å². The van der Waals surface area contributed by atoms with Crippen LogP contribution in [0.3, 0.4) is 0 Å². The van der Waals surface area contributed by atoms with E-state index in [9.17, 15) is 14.7 Å². The molecule has 1 aliphatic heterocycles. The molecule has 2 aliphatic rings. The van der Waals surface area contributed by atoms with Crippen LogP contribution in [-0.4, -0.2) is 48.1 Å². The number of amides is 1. The van der Waals surface area contributed by atoms with Crippen molar-refractivity contribution >= 4 is 17.6 Å². The predicted octanol–water partition coefficient (Wildman–Crippen LogP) is 3.18. The molecule has 1 N–H and O–H groups in total. The summed E-state index contributed by atoms with van der Waals surface area (Å²) in [6.07, 6.45) is 5.49. The molecule has 0 radical (unpaired) electrons. The van der Waals surface area contributed by atoms with Crippen LogP contribution in [0.2, 0.25) is 0 Å². The largest absolute Gasteiger partial charge is 0.481 e. The van der Waals surface area contributed by atoms with Crippen molar-refractivity contribution in [2.45, 2.75) is 45.4 Å². The van der Waals surface area contributed by atoms with E-state index in [0.29, 0.717) is 19.5 Å². The van der Waals surface area contributed by atoms with Gasteiger partial charge < -0.3 is 14.9 Å². The number of anilines is 1. The van der Waals surface area contributed by atoms with Crippen LogP contribution in [0.15, 0.2) is 24.3 Å². The maximum Gasteiger partial charge on any atom is 0.307 e. The summed E-state index contributed by atoms with van der Waals surface area (Å²) < 4.78 is 0. The Kier molecular flexibility index (Phi) is 6.17. The second-order valence-electron chi connectivity index (χ2n) is 7.56. The van der Waals surface area contributed by atoms with Crippen molar-refractivity contribution in [3.8, 4) is 0 Å². The molecule has 26 heavy (non-hydrogen) atoms. The van der Waals surface area contributed by atoms with Crippen LogP contribution in [0.5, 0.6) is 0 Å². The van der Waals surface area contributed by atoms with Gasteiger partial charge in [-0.3, -0.25) is 9.59 Å². The molecule has 0 aromatic heterocycles. The van der Waals surface area contributed by atoms with Gasteiger partial charge in [0.05, 0.1) is 11.8 Å². The van der Waals surface area contributed by atoms with Gasteiger partial charge in [-0.25, -0.2) is 0 Å². The molecule has 1 amide bonds. The van der Waals surface area contributed by atoms with E-state index < -0.39 is 11.9 Å². The fourth-order valence-electron chi connectivity index (χ4n) is 4.30. The summed E-state index contributed by atoms with van der Waals surface area (Å²) in [4.78, 5) is 28.6. The van der Waals surface area contributed by atoms with Crippen LogP contribution in [0, 0.1) is 11.8 Å². The molecular formula is C21H30N2O3. The Bertz CT molecular complexity index is 621. The van der Waals surface area contributed by atoms with Gasteiger partial charge in [-0.05, 0) is 37.0 Å². The second kappa shape index (κ2) is 8.56. The number of aliphatic carboxylic acids is 1. The maximum atomic E-state index is 12.9. The first-order valence-electron chi connectivity index (χ1n) is 9.95. The maximum absolute atomic E-state index is 12.9. The fraction of sp³-hybridized carbons (Fsp3) is 0.619. The smallest absolute Gasteiger partial charge is 0.307 e. The molecule has 5 nitrogen and oxygen atoms in total. The van der Waals surface area contributed by atoms with E-state index in [4.69, 9.17) is 0 Å². The van der Waals surface area contributed by atoms with Gasteiger partial charge in [0, 0.05) is 31.9 Å². The first kappa shape index (κ1) is 18.7. The molecule has 142 valence electrons. The average molecular weight is 358 g/mol. The Morgan fingerprint density at radius 1 is 1.00 bits per heavy atom. The van der Waals surface area contributed by atoms with Crippen molar-refractivity contribution in [2.75, 3.05) is 31.1 Å². The highest BCUT2D eigenvalue weighted by Crippen LogP contribution is 2.32. The molecule has 1 heterocycles. The van der Waals surface area contributed by atoms with Gasteiger partial charge in [0.2, 0.25) is 5.91 Å². The zero-order valence-electron chi connectivity index (χ0n) is 15.7. The number of hydrogen-bond donors (Lipinski definition) is 1. The summed E-state index contributed by atoms with van der Waals surface area (Å²) in [5.74, 6) is -1.59. The topological polar surface area (TPSA) is 60.9 Å². The molecule has 1 saturated heterocycles. The molecule has 5 heteroatoms. The van der Waals surface area contributed by atoms with Crippen LogP contribution in [-0.2, 0) is 16.0 Å². The van der Waals surface area contributed by atoms with E-state index in [-0.39, 0.29) is 11.8 Å². The number of benzene rings is 1. The van der Waals surface area contributed by atoms with Gasteiger partial charge in [-0.15, -0.1) is 0 Å². The molecule has 0 spiro atoms. The number of rotatable bonds is 5. The first-order valence-corrected chi connectivity index (χ1v) is 9.95. The average Bonchev–Trinajstić information content (AvgIpc) is 2.68. The van der Waals surface area contributed by atoms with Gasteiger partial charge >= 0.3 is 5.97 Å². The van der Waals surface area contributed by atoms with Crippen molar-refractivity contribution in [1.29, 1.82) is 0 Å². The summed E-state index contributed by atoms with van der Waals surface area (Å²) >= 11 is 0. The number of carbonyl (C=O) groups is 2. The zero-order chi connectivity index (χ0) is 18.5. The summed E-state index contributed by atoms with van der Waals surface area (Å²) in [5.41, 5.74) is 2.57. The third-order valence-corrected chi connectivity index (χ3v) is 5.83. The Hall–Kier alpha value is -2.04. The summed E-state index contributed by atoms with van der Waals surface area (Å²) in [6.45, 7) is 5.16. The third kappa shape index (κ3) is 4.19. The number of carboxylic acids is 1. The molecule has 2 atom stereocenters. The van der Waals surface area contributed by atoms with Gasteiger partial charge in [-0.1, -0.05) is 38.3 Å². The Morgan fingerprint density at radius 2 is 1.62 bits per heavy atom. The molecule has 3 rings (SSSR count). The van der Waals surface area contributed by atoms with E-state index in [1.54, 1.807) is 0 Å². The number of carboxylic acid groups (broad SMARTS) is 1. The van der Waals surface area contributed by atoms with E-state index in [0.717, 1.165) is 45.2 Å². The van der Waals surface area contributed by atoms with Crippen molar-refractivity contribution < 1.29 is 14.7 Å². The number of nitrogens with zero attached hydrogens (tertiary/aromatic N) is 2. The lowest BCUT2D eigenvalue weighted by Crippen LogP contribution is -2.52. The van der Waals surface area contributed by atoms with Gasteiger partial charge in [0.1, 0.15) is 0 Å². The van der Waals surface area contributed by atoms with Crippen molar-refractivity contribution in [3.05, 3.63) is 29.8 Å². The number of hydrogen-bond acceptors (Lipinski definition) is 3. The van der Waals surface area contributed by atoms with Crippen molar-refractivity contribution in [3.63, 3.8) is 0 Å². The van der Waals surface area contributed by atoms with E-state index in [2.05, 4.69) is 36.1 Å². The van der Waals surface area contributed by atoms with Crippen LogP contribution >= 0.6 is 0 Å². The normalized spacial score (nSPS) is 23.7. The molecule has 0 bridgehead atoms. The summed E-state index contributed by atoms with van der Waals surface area (Å²) in [7, 11) is 0. The molecule has 2 fully saturated rings. The molecular weight excluding hydrogens is 328 g/mol. The quantitative estimate of drug-likeness (QED) is 0.878. The number of carbonyl (C=O) groups excluding carboxylic acids is 1. The zero-order valence-corrected chi connectivity index (χ0v) is 15.7. The summed E-state index contributed by atoms with van der Waals surface area (Å²) in [5, 5.41) is 9.43. The molecule has 1 aromatic rings. The van der Waals surface area contributed by atoms with Crippen molar-refractivity contribution in [1.82, 2.24) is 4.90 Å². The lowest BCUT2D eigenvalue weighted by atomic mass is 9.78. The summed E-state index contributed by atoms with van der Waals surface area (Å²) in [6, 6.07) is 8.72. The van der Waals surface area contributed by atoms with Gasteiger partial charge in [-0.2, -0.15) is 0 Å². The second-order valence-corrected chi connectivity index (χ2v) is 7.56. The molecule has 1 aromatic carbocycles. The number of aryl methyl sites for hydroxylation is 1. The lowest BCUT2D eigenvalue weighted by molar-refractivity contribution is -0.152. The third-order valence-electron chi connectivity index (χ3n) is 5.83. The Balaban J connectivity index is 1.57. The monoisotopic (exact) mass is 358 g/mol. The van der Waals surface area contributed by atoms with Crippen molar-refractivity contribution in [2.24, 2.45) is 11.8 Å². The van der Waals surface area contributed by atoms with Crippen LogP contribution in [0.25, 0.3) is 0 Å². The fourth-order valence-corrected chi connectivity index (χ4v) is 4.30. The molecule has 2 unspecified atom stereocenters. The van der Waals surface area contributed by atoms with Gasteiger partial charge in [0.25, 0.3) is 0 Å². The SMILES string of the molecule is CCCc1ccc(N2CCN(C(=O)C3CCCCC3C(=O)O)CC2)cc1. The van der Waals surface area contributed by atoms with Crippen LogP contribution in [0.1, 0.15) is 44.6 Å². The highest BCUT2D eigenvalue weighted by molar-refractivity contribution is 5.85. The lowest BCUT2D eigenvalue weighted by Gasteiger charge is -2.39. The minimum Gasteiger partial charge on any atom is -0.481 e. The highest BCUT2D eigenvalue weighted by atomic mass is 16.4. The van der Waals surface area contributed by atoms with Crippen LogP contribution < -0.4 is 4.90 Å². The molecule has 1 aliphatic carbocycles. The van der Waals surface area contributed by atoms with E-state index in [1.807, 2.05) is 4.90 Å². The highest BCUT2D eigenvalue weighted by Gasteiger charge is 2.38. The predicted molar refractivity (Wildman–Crippen MR) is 102 cm³/mol. The van der Waals surface area contributed by atoms with Gasteiger partial charge in [0.15, 0.2) is 0 Å². The van der Waals surface area contributed by atoms with E-state index in [1.165, 1.54) is 11.3 Å². The Morgan fingerprint density at radius 3 is 2.19 bits per heavy atom. The molecule has 1 saturated carbocycles. The first-order chi connectivity index (χ1) is 12.6. The Labute approximate surface area is 156 Å².